The van der Waals surface area contributed by atoms with Crippen molar-refractivity contribution in [1.29, 1.82) is 0 Å². The highest BCUT2D eigenvalue weighted by Crippen LogP contribution is 2.35. The van der Waals surface area contributed by atoms with Crippen LogP contribution < -0.4 is 0 Å². The van der Waals surface area contributed by atoms with Crippen molar-refractivity contribution in [3.8, 4) is 0 Å². The predicted molar refractivity (Wildman–Crippen MR) is 76.1 cm³/mol. The third-order valence-corrected chi connectivity index (χ3v) is 4.81. The van der Waals surface area contributed by atoms with Crippen LogP contribution in [-0.4, -0.2) is 10.8 Å². The van der Waals surface area contributed by atoms with Gasteiger partial charge in [-0.25, -0.2) is 0 Å². The number of ketones is 1. The van der Waals surface area contributed by atoms with Gasteiger partial charge in [0.15, 0.2) is 0 Å². The monoisotopic (exact) mass is 257 g/mol. The van der Waals surface area contributed by atoms with Crippen LogP contribution in [0.15, 0.2) is 18.3 Å². The molecule has 0 saturated heterocycles. The minimum absolute atomic E-state index is 0.0967. The maximum atomic E-state index is 12.5. The number of hydrogen-bond donors (Lipinski definition) is 0. The number of carbonyl (C=O) groups is 1. The molecule has 1 saturated carbocycles. The first-order valence-electron chi connectivity index (χ1n) is 7.81. The summed E-state index contributed by atoms with van der Waals surface area (Å²) in [6.45, 7) is 0. The van der Waals surface area contributed by atoms with Gasteiger partial charge in [0.2, 0.25) is 0 Å². The quantitative estimate of drug-likeness (QED) is 0.765. The van der Waals surface area contributed by atoms with Crippen molar-refractivity contribution in [3.63, 3.8) is 0 Å². The standard InChI is InChI=1S/C17H23NO/c19-16(12-13-6-3-1-2-4-7-13)15-10-9-14-8-5-11-18-17(14)15/h5,8,11,13,15H,1-4,6-7,9-10,12H2. The molecule has 0 N–H and O–H groups in total. The summed E-state index contributed by atoms with van der Waals surface area (Å²) in [5, 5.41) is 0. The molecular formula is C17H23NO. The smallest absolute Gasteiger partial charge is 0.142 e. The molecule has 1 fully saturated rings. The first kappa shape index (κ1) is 12.8. The van der Waals surface area contributed by atoms with Gasteiger partial charge in [-0.2, -0.15) is 0 Å². The summed E-state index contributed by atoms with van der Waals surface area (Å²) < 4.78 is 0. The van der Waals surface area contributed by atoms with Crippen molar-refractivity contribution < 1.29 is 4.79 Å². The summed E-state index contributed by atoms with van der Waals surface area (Å²) in [4.78, 5) is 17.0. The van der Waals surface area contributed by atoms with Gasteiger partial charge in [0.1, 0.15) is 5.78 Å². The third-order valence-electron chi connectivity index (χ3n) is 4.81. The molecule has 1 aromatic rings. The fourth-order valence-corrected chi connectivity index (χ4v) is 3.72. The SMILES string of the molecule is O=C(CC1CCCCCC1)C1CCc2cccnc21. The Morgan fingerprint density at radius 2 is 1.95 bits per heavy atom. The molecule has 0 amide bonds. The fourth-order valence-electron chi connectivity index (χ4n) is 3.72. The Morgan fingerprint density at radius 3 is 2.74 bits per heavy atom. The number of rotatable bonds is 3. The lowest BCUT2D eigenvalue weighted by Crippen LogP contribution is -2.15. The number of fused-ring (bicyclic) bond motifs is 1. The van der Waals surface area contributed by atoms with E-state index in [2.05, 4.69) is 11.1 Å². The van der Waals surface area contributed by atoms with Gasteiger partial charge < -0.3 is 0 Å². The van der Waals surface area contributed by atoms with Crippen LogP contribution in [0.25, 0.3) is 0 Å². The predicted octanol–water partition coefficient (Wildman–Crippen LogP) is 4.04. The first-order chi connectivity index (χ1) is 9.34. The number of Topliss-reactive ketones (excluding diaryl/α,β-unsaturated/α-hetero) is 1. The van der Waals surface area contributed by atoms with Gasteiger partial charge in [-0.15, -0.1) is 0 Å². The second-order valence-electron chi connectivity index (χ2n) is 6.17. The van der Waals surface area contributed by atoms with Crippen LogP contribution in [0.4, 0.5) is 0 Å². The van der Waals surface area contributed by atoms with Gasteiger partial charge >= 0.3 is 0 Å². The molecule has 2 nitrogen and oxygen atoms in total. The van der Waals surface area contributed by atoms with E-state index >= 15 is 0 Å². The topological polar surface area (TPSA) is 30.0 Å². The number of aromatic nitrogens is 1. The van der Waals surface area contributed by atoms with Crippen molar-refractivity contribution >= 4 is 5.78 Å². The van der Waals surface area contributed by atoms with E-state index in [1.807, 2.05) is 12.3 Å². The minimum atomic E-state index is 0.0967. The zero-order valence-corrected chi connectivity index (χ0v) is 11.6. The molecule has 1 atom stereocenters. The van der Waals surface area contributed by atoms with Crippen LogP contribution in [0.5, 0.6) is 0 Å². The average Bonchev–Trinajstić information content (AvgIpc) is 2.70. The molecule has 0 aromatic carbocycles. The molecule has 1 aromatic heterocycles. The second-order valence-corrected chi connectivity index (χ2v) is 6.17. The van der Waals surface area contributed by atoms with Gasteiger partial charge in [-0.1, -0.05) is 44.6 Å². The van der Waals surface area contributed by atoms with E-state index in [9.17, 15) is 4.79 Å². The lowest BCUT2D eigenvalue weighted by Gasteiger charge is -2.16. The van der Waals surface area contributed by atoms with E-state index in [1.54, 1.807) is 0 Å². The molecule has 0 bridgehead atoms. The molecule has 19 heavy (non-hydrogen) atoms. The van der Waals surface area contributed by atoms with Crippen molar-refractivity contribution in [2.24, 2.45) is 5.92 Å². The van der Waals surface area contributed by atoms with Gasteiger partial charge in [0.05, 0.1) is 11.6 Å². The summed E-state index contributed by atoms with van der Waals surface area (Å²) in [6.07, 6.45) is 12.5. The van der Waals surface area contributed by atoms with E-state index in [0.29, 0.717) is 11.7 Å². The van der Waals surface area contributed by atoms with E-state index in [0.717, 1.165) is 25.0 Å². The number of aryl methyl sites for hydroxylation is 1. The van der Waals surface area contributed by atoms with E-state index in [-0.39, 0.29) is 5.92 Å². The summed E-state index contributed by atoms with van der Waals surface area (Å²) in [5.74, 6) is 1.19. The first-order valence-corrected chi connectivity index (χ1v) is 7.81. The van der Waals surface area contributed by atoms with Crippen molar-refractivity contribution in [3.05, 3.63) is 29.6 Å². The number of nitrogens with zero attached hydrogens (tertiary/aromatic N) is 1. The van der Waals surface area contributed by atoms with Gasteiger partial charge in [-0.05, 0) is 30.4 Å². The van der Waals surface area contributed by atoms with Crippen LogP contribution in [0.2, 0.25) is 0 Å². The van der Waals surface area contributed by atoms with E-state index < -0.39 is 0 Å². The molecule has 2 aliphatic rings. The van der Waals surface area contributed by atoms with Crippen molar-refractivity contribution in [2.75, 3.05) is 0 Å². The molecule has 102 valence electrons. The van der Waals surface area contributed by atoms with Crippen molar-refractivity contribution in [2.45, 2.75) is 63.7 Å². The van der Waals surface area contributed by atoms with Crippen LogP contribution >= 0.6 is 0 Å². The minimum Gasteiger partial charge on any atom is -0.299 e. The Hall–Kier alpha value is -1.18. The van der Waals surface area contributed by atoms with Gasteiger partial charge in [0, 0.05) is 12.6 Å². The normalized spacial score (nSPS) is 23.9. The highest BCUT2D eigenvalue weighted by molar-refractivity contribution is 5.86. The Balaban J connectivity index is 1.65. The van der Waals surface area contributed by atoms with E-state index in [4.69, 9.17) is 0 Å². The fraction of sp³-hybridized carbons (Fsp3) is 0.647. The Labute approximate surface area is 115 Å². The average molecular weight is 257 g/mol. The molecular weight excluding hydrogens is 234 g/mol. The van der Waals surface area contributed by atoms with Crippen LogP contribution in [0, 0.1) is 5.92 Å². The molecule has 2 aliphatic carbocycles. The van der Waals surface area contributed by atoms with Crippen LogP contribution in [-0.2, 0) is 11.2 Å². The lowest BCUT2D eigenvalue weighted by atomic mass is 9.88. The summed E-state index contributed by atoms with van der Waals surface area (Å²) in [5.41, 5.74) is 2.36. The highest BCUT2D eigenvalue weighted by atomic mass is 16.1. The zero-order chi connectivity index (χ0) is 13.1. The highest BCUT2D eigenvalue weighted by Gasteiger charge is 2.30. The zero-order valence-electron chi connectivity index (χ0n) is 11.6. The summed E-state index contributed by atoms with van der Waals surface area (Å²) in [7, 11) is 0. The molecule has 3 rings (SSSR count). The number of pyridine rings is 1. The molecule has 0 spiro atoms. The maximum absolute atomic E-state index is 12.5. The van der Waals surface area contributed by atoms with E-state index in [1.165, 1.54) is 44.1 Å². The van der Waals surface area contributed by atoms with Crippen molar-refractivity contribution in [1.82, 2.24) is 4.98 Å². The molecule has 1 unspecified atom stereocenters. The number of carbonyl (C=O) groups excluding carboxylic acids is 1. The largest absolute Gasteiger partial charge is 0.299 e. The van der Waals surface area contributed by atoms with Crippen LogP contribution in [0.3, 0.4) is 0 Å². The molecule has 1 heterocycles. The maximum Gasteiger partial charge on any atom is 0.142 e. The summed E-state index contributed by atoms with van der Waals surface area (Å²) >= 11 is 0. The number of hydrogen-bond acceptors (Lipinski definition) is 2. The van der Waals surface area contributed by atoms with Gasteiger partial charge in [-0.3, -0.25) is 9.78 Å². The lowest BCUT2D eigenvalue weighted by molar-refractivity contribution is -0.121. The second kappa shape index (κ2) is 5.85. The van der Waals surface area contributed by atoms with Crippen LogP contribution in [0.1, 0.15) is 68.5 Å². The molecule has 0 aliphatic heterocycles. The molecule has 2 heteroatoms. The third kappa shape index (κ3) is 2.88. The Bertz CT molecular complexity index is 446. The Kier molecular flexibility index (Phi) is 3.95. The summed E-state index contributed by atoms with van der Waals surface area (Å²) in [6, 6.07) is 4.11. The Morgan fingerprint density at radius 1 is 1.16 bits per heavy atom. The van der Waals surface area contributed by atoms with Gasteiger partial charge in [0.25, 0.3) is 0 Å². The molecule has 0 radical (unpaired) electrons.